The largest absolute Gasteiger partial charge is 0.399 e. The molecule has 0 radical (unpaired) electrons. The van der Waals surface area contributed by atoms with Crippen molar-refractivity contribution >= 4 is 11.6 Å². The number of rotatable bonds is 5. The zero-order valence-electron chi connectivity index (χ0n) is 9.64. The fraction of sp³-hybridized carbons (Fsp3) is 0.455. The molecule has 1 amide bonds. The molecule has 0 aliphatic rings. The van der Waals surface area contributed by atoms with Gasteiger partial charge in [-0.15, -0.1) is 0 Å². The topological polar surface area (TPSA) is 68.5 Å². The summed E-state index contributed by atoms with van der Waals surface area (Å²) in [6.07, 6.45) is 1.53. The van der Waals surface area contributed by atoms with Crippen LogP contribution in [0.4, 0.5) is 5.69 Å². The molecule has 0 aliphatic heterocycles. The molecule has 2 N–H and O–H groups in total. The van der Waals surface area contributed by atoms with E-state index in [9.17, 15) is 4.79 Å². The Morgan fingerprint density at radius 3 is 3.00 bits per heavy atom. The van der Waals surface area contributed by atoms with E-state index in [0.29, 0.717) is 31.1 Å². The SMILES string of the molecule is CCOCCN(C)C(=O)c1cc(N)ccn1. The third-order valence-corrected chi connectivity index (χ3v) is 2.12. The van der Waals surface area contributed by atoms with E-state index >= 15 is 0 Å². The van der Waals surface area contributed by atoms with Crippen molar-refractivity contribution in [3.05, 3.63) is 24.0 Å². The van der Waals surface area contributed by atoms with E-state index in [4.69, 9.17) is 10.5 Å². The normalized spacial score (nSPS) is 10.1. The summed E-state index contributed by atoms with van der Waals surface area (Å²) in [6, 6.07) is 3.22. The molecule has 0 aliphatic carbocycles. The van der Waals surface area contributed by atoms with Gasteiger partial charge in [-0.3, -0.25) is 9.78 Å². The zero-order chi connectivity index (χ0) is 12.0. The van der Waals surface area contributed by atoms with Crippen LogP contribution in [0.5, 0.6) is 0 Å². The molecule has 1 aromatic heterocycles. The van der Waals surface area contributed by atoms with E-state index in [1.165, 1.54) is 6.20 Å². The quantitative estimate of drug-likeness (QED) is 0.749. The number of hydrogen-bond acceptors (Lipinski definition) is 4. The predicted octanol–water partition coefficient (Wildman–Crippen LogP) is 0.772. The van der Waals surface area contributed by atoms with E-state index in [2.05, 4.69) is 4.98 Å². The van der Waals surface area contributed by atoms with Crippen LogP contribution in [-0.2, 0) is 4.74 Å². The summed E-state index contributed by atoms with van der Waals surface area (Å²) in [7, 11) is 1.71. The lowest BCUT2D eigenvalue weighted by Crippen LogP contribution is -2.30. The van der Waals surface area contributed by atoms with Crippen molar-refractivity contribution in [1.29, 1.82) is 0 Å². The lowest BCUT2D eigenvalue weighted by molar-refractivity contribution is 0.0704. The van der Waals surface area contributed by atoms with Crippen molar-refractivity contribution in [3.63, 3.8) is 0 Å². The van der Waals surface area contributed by atoms with Gasteiger partial charge in [-0.1, -0.05) is 0 Å². The number of amides is 1. The molecular formula is C11H17N3O2. The van der Waals surface area contributed by atoms with E-state index in [0.717, 1.165) is 0 Å². The van der Waals surface area contributed by atoms with Crippen LogP contribution < -0.4 is 5.73 Å². The van der Waals surface area contributed by atoms with Crippen LogP contribution in [0.2, 0.25) is 0 Å². The average molecular weight is 223 g/mol. The Hall–Kier alpha value is -1.62. The molecule has 0 saturated heterocycles. The first-order valence-electron chi connectivity index (χ1n) is 5.20. The Morgan fingerprint density at radius 2 is 2.38 bits per heavy atom. The zero-order valence-corrected chi connectivity index (χ0v) is 9.64. The number of pyridine rings is 1. The molecule has 1 aromatic rings. The Morgan fingerprint density at radius 1 is 1.62 bits per heavy atom. The Bertz CT molecular complexity index is 355. The number of carbonyl (C=O) groups excluding carboxylic acids is 1. The summed E-state index contributed by atoms with van der Waals surface area (Å²) in [4.78, 5) is 17.4. The average Bonchev–Trinajstić information content (AvgIpc) is 2.28. The summed E-state index contributed by atoms with van der Waals surface area (Å²) in [5.41, 5.74) is 6.48. The van der Waals surface area contributed by atoms with Crippen molar-refractivity contribution < 1.29 is 9.53 Å². The third-order valence-electron chi connectivity index (χ3n) is 2.12. The van der Waals surface area contributed by atoms with Crippen molar-refractivity contribution in [2.45, 2.75) is 6.92 Å². The fourth-order valence-electron chi connectivity index (χ4n) is 1.21. The second-order valence-electron chi connectivity index (χ2n) is 3.40. The number of aromatic nitrogens is 1. The molecule has 0 aromatic carbocycles. The van der Waals surface area contributed by atoms with Gasteiger partial charge in [-0.05, 0) is 19.1 Å². The number of nitrogens with zero attached hydrogens (tertiary/aromatic N) is 2. The van der Waals surface area contributed by atoms with Crippen molar-refractivity contribution in [2.75, 3.05) is 32.5 Å². The standard InChI is InChI=1S/C11H17N3O2/c1-3-16-7-6-14(2)11(15)10-8-9(12)4-5-13-10/h4-5,8H,3,6-7H2,1-2H3,(H2,12,13). The number of ether oxygens (including phenoxy) is 1. The van der Waals surface area contributed by atoms with Gasteiger partial charge in [0.05, 0.1) is 6.61 Å². The van der Waals surface area contributed by atoms with Crippen LogP contribution in [0.1, 0.15) is 17.4 Å². The molecule has 1 rings (SSSR count). The van der Waals surface area contributed by atoms with Crippen LogP contribution in [0.3, 0.4) is 0 Å². The predicted molar refractivity (Wildman–Crippen MR) is 62.1 cm³/mol. The molecule has 5 heteroatoms. The molecule has 0 unspecified atom stereocenters. The lowest BCUT2D eigenvalue weighted by Gasteiger charge is -2.16. The maximum atomic E-state index is 11.8. The molecule has 16 heavy (non-hydrogen) atoms. The van der Waals surface area contributed by atoms with Gasteiger partial charge in [0.25, 0.3) is 5.91 Å². The van der Waals surface area contributed by atoms with Gasteiger partial charge in [0.15, 0.2) is 0 Å². The molecule has 5 nitrogen and oxygen atoms in total. The van der Waals surface area contributed by atoms with Crippen molar-refractivity contribution in [1.82, 2.24) is 9.88 Å². The van der Waals surface area contributed by atoms with Crippen LogP contribution in [-0.4, -0.2) is 42.6 Å². The van der Waals surface area contributed by atoms with E-state index in [-0.39, 0.29) is 5.91 Å². The second-order valence-corrected chi connectivity index (χ2v) is 3.40. The number of carbonyl (C=O) groups is 1. The number of nitrogen functional groups attached to an aromatic ring is 1. The molecule has 0 fully saturated rings. The highest BCUT2D eigenvalue weighted by Crippen LogP contribution is 2.05. The van der Waals surface area contributed by atoms with Crippen LogP contribution in [0.15, 0.2) is 18.3 Å². The van der Waals surface area contributed by atoms with Crippen molar-refractivity contribution in [3.8, 4) is 0 Å². The monoisotopic (exact) mass is 223 g/mol. The molecule has 0 bridgehead atoms. The smallest absolute Gasteiger partial charge is 0.272 e. The summed E-state index contributed by atoms with van der Waals surface area (Å²) in [6.45, 7) is 3.64. The third kappa shape index (κ3) is 3.51. The van der Waals surface area contributed by atoms with Crippen LogP contribution >= 0.6 is 0 Å². The van der Waals surface area contributed by atoms with Gasteiger partial charge in [0.2, 0.25) is 0 Å². The first kappa shape index (κ1) is 12.4. The van der Waals surface area contributed by atoms with E-state index in [1.807, 2.05) is 6.92 Å². The van der Waals surface area contributed by atoms with Crippen LogP contribution in [0, 0.1) is 0 Å². The Kier molecular flexibility index (Phi) is 4.72. The molecule has 1 heterocycles. The summed E-state index contributed by atoms with van der Waals surface area (Å²) in [5.74, 6) is -0.146. The minimum absolute atomic E-state index is 0.146. The first-order valence-corrected chi connectivity index (χ1v) is 5.20. The maximum absolute atomic E-state index is 11.8. The number of hydrogen-bond donors (Lipinski definition) is 1. The summed E-state index contributed by atoms with van der Waals surface area (Å²) >= 11 is 0. The summed E-state index contributed by atoms with van der Waals surface area (Å²) < 4.78 is 5.17. The van der Waals surface area contributed by atoms with Crippen LogP contribution in [0.25, 0.3) is 0 Å². The fourth-order valence-corrected chi connectivity index (χ4v) is 1.21. The van der Waals surface area contributed by atoms with Gasteiger partial charge < -0.3 is 15.4 Å². The van der Waals surface area contributed by atoms with Crippen molar-refractivity contribution in [2.24, 2.45) is 0 Å². The minimum Gasteiger partial charge on any atom is -0.399 e. The van der Waals surface area contributed by atoms with E-state index < -0.39 is 0 Å². The highest BCUT2D eigenvalue weighted by atomic mass is 16.5. The molecule has 0 saturated carbocycles. The first-order chi connectivity index (χ1) is 7.65. The second kappa shape index (κ2) is 6.07. The Labute approximate surface area is 95.2 Å². The van der Waals surface area contributed by atoms with Gasteiger partial charge >= 0.3 is 0 Å². The maximum Gasteiger partial charge on any atom is 0.272 e. The van der Waals surface area contributed by atoms with E-state index in [1.54, 1.807) is 24.1 Å². The number of likely N-dealkylation sites (N-methyl/N-ethyl adjacent to an activating group) is 1. The highest BCUT2D eigenvalue weighted by molar-refractivity contribution is 5.92. The minimum atomic E-state index is -0.146. The highest BCUT2D eigenvalue weighted by Gasteiger charge is 2.12. The number of anilines is 1. The molecule has 0 atom stereocenters. The van der Waals surface area contributed by atoms with Gasteiger partial charge in [0.1, 0.15) is 5.69 Å². The molecule has 88 valence electrons. The van der Waals surface area contributed by atoms with Gasteiger partial charge in [-0.2, -0.15) is 0 Å². The Balaban J connectivity index is 2.56. The summed E-state index contributed by atoms with van der Waals surface area (Å²) in [5, 5.41) is 0. The lowest BCUT2D eigenvalue weighted by atomic mass is 10.3. The molecular weight excluding hydrogens is 206 g/mol. The molecule has 0 spiro atoms. The number of nitrogens with two attached hydrogens (primary N) is 1. The van der Waals surface area contributed by atoms with Gasteiger partial charge in [-0.25, -0.2) is 0 Å². The van der Waals surface area contributed by atoms with Gasteiger partial charge in [0, 0.05) is 32.1 Å².